The summed E-state index contributed by atoms with van der Waals surface area (Å²) in [6.45, 7) is 3.27. The van der Waals surface area contributed by atoms with E-state index in [2.05, 4.69) is 13.0 Å². The first kappa shape index (κ1) is 23.2. The van der Waals surface area contributed by atoms with E-state index in [4.69, 9.17) is 14.6 Å². The number of unbranched alkanes of at least 4 members (excludes halogenated alkanes) is 3. The summed E-state index contributed by atoms with van der Waals surface area (Å²) in [5.74, 6) is -1.03. The Morgan fingerprint density at radius 1 is 0.929 bits per heavy atom. The molecule has 2 rings (SSSR count). The van der Waals surface area contributed by atoms with Crippen LogP contribution in [0.15, 0.2) is 72.8 Å². The number of hydrogen-bond acceptors (Lipinski definition) is 3. The number of esters is 1. The molecule has 4 heteroatoms. The number of aliphatic carboxylic acids is 1. The SMILES string of the molecule is CC(=O)O.CCCCC/C=C/CC(=O)OC(c1ccccc1)c1ccccc1. The van der Waals surface area contributed by atoms with Crippen LogP contribution >= 0.6 is 0 Å². The van der Waals surface area contributed by atoms with Crippen LogP contribution < -0.4 is 0 Å². The van der Waals surface area contributed by atoms with Crippen LogP contribution in [0.4, 0.5) is 0 Å². The van der Waals surface area contributed by atoms with E-state index in [1.807, 2.05) is 66.7 Å². The Labute approximate surface area is 167 Å². The maximum Gasteiger partial charge on any atom is 0.310 e. The minimum atomic E-state index is -0.833. The Hall–Kier alpha value is -2.88. The van der Waals surface area contributed by atoms with Gasteiger partial charge in [-0.05, 0) is 24.0 Å². The van der Waals surface area contributed by atoms with Gasteiger partial charge in [-0.15, -0.1) is 0 Å². The van der Waals surface area contributed by atoms with Crippen molar-refractivity contribution >= 4 is 11.9 Å². The van der Waals surface area contributed by atoms with E-state index in [0.29, 0.717) is 6.42 Å². The summed E-state index contributed by atoms with van der Waals surface area (Å²) < 4.78 is 5.76. The average molecular weight is 383 g/mol. The first-order chi connectivity index (χ1) is 13.5. The topological polar surface area (TPSA) is 63.6 Å². The van der Waals surface area contributed by atoms with Gasteiger partial charge in [-0.3, -0.25) is 9.59 Å². The molecule has 0 saturated heterocycles. The molecule has 0 aliphatic carbocycles. The van der Waals surface area contributed by atoms with Gasteiger partial charge in [-0.1, -0.05) is 92.6 Å². The van der Waals surface area contributed by atoms with Crippen LogP contribution in [-0.2, 0) is 14.3 Å². The quantitative estimate of drug-likeness (QED) is 0.331. The summed E-state index contributed by atoms with van der Waals surface area (Å²) in [5.41, 5.74) is 1.98. The number of allylic oxidation sites excluding steroid dienone is 1. The zero-order valence-corrected chi connectivity index (χ0v) is 16.7. The van der Waals surface area contributed by atoms with Crippen molar-refractivity contribution in [2.45, 2.75) is 52.1 Å². The fraction of sp³-hybridized carbons (Fsp3) is 0.333. The van der Waals surface area contributed by atoms with Crippen molar-refractivity contribution in [2.75, 3.05) is 0 Å². The maximum absolute atomic E-state index is 12.2. The third-order valence-corrected chi connectivity index (χ3v) is 3.88. The highest BCUT2D eigenvalue weighted by molar-refractivity contribution is 5.71. The van der Waals surface area contributed by atoms with Gasteiger partial charge in [0.2, 0.25) is 0 Å². The van der Waals surface area contributed by atoms with Crippen molar-refractivity contribution < 1.29 is 19.4 Å². The molecule has 1 N–H and O–H groups in total. The van der Waals surface area contributed by atoms with Crippen LogP contribution in [0, 0.1) is 0 Å². The zero-order valence-electron chi connectivity index (χ0n) is 16.7. The zero-order chi connectivity index (χ0) is 20.6. The smallest absolute Gasteiger partial charge is 0.310 e. The summed E-state index contributed by atoms with van der Waals surface area (Å²) in [4.78, 5) is 21.2. The first-order valence-corrected chi connectivity index (χ1v) is 9.68. The van der Waals surface area contributed by atoms with Crippen molar-refractivity contribution in [3.05, 3.63) is 83.9 Å². The lowest BCUT2D eigenvalue weighted by Crippen LogP contribution is -2.12. The second-order valence-corrected chi connectivity index (χ2v) is 6.38. The summed E-state index contributed by atoms with van der Waals surface area (Å²) in [6.07, 6.45) is 8.63. The molecule has 4 nitrogen and oxygen atoms in total. The van der Waals surface area contributed by atoms with E-state index >= 15 is 0 Å². The first-order valence-electron chi connectivity index (χ1n) is 9.68. The number of carboxylic acid groups (broad SMARTS) is 1. The Balaban J connectivity index is 0.000000892. The number of hydrogen-bond donors (Lipinski definition) is 1. The van der Waals surface area contributed by atoms with E-state index in [1.54, 1.807) is 0 Å². The van der Waals surface area contributed by atoms with Crippen molar-refractivity contribution in [2.24, 2.45) is 0 Å². The molecule has 0 unspecified atom stereocenters. The minimum absolute atomic E-state index is 0.195. The number of rotatable bonds is 9. The largest absolute Gasteiger partial charge is 0.481 e. The van der Waals surface area contributed by atoms with Crippen LogP contribution in [0.5, 0.6) is 0 Å². The van der Waals surface area contributed by atoms with Crippen molar-refractivity contribution in [3.8, 4) is 0 Å². The molecule has 0 atom stereocenters. The van der Waals surface area contributed by atoms with Gasteiger partial charge in [0.1, 0.15) is 0 Å². The monoisotopic (exact) mass is 382 g/mol. The molecule has 0 fully saturated rings. The van der Waals surface area contributed by atoms with Crippen LogP contribution in [-0.4, -0.2) is 17.0 Å². The molecular formula is C24H30O4. The molecule has 0 aromatic heterocycles. The fourth-order valence-corrected chi connectivity index (χ4v) is 2.57. The average Bonchev–Trinajstić information content (AvgIpc) is 2.70. The molecule has 0 saturated carbocycles. The molecule has 0 aliphatic heterocycles. The summed E-state index contributed by atoms with van der Waals surface area (Å²) in [6, 6.07) is 19.8. The van der Waals surface area contributed by atoms with Crippen molar-refractivity contribution in [1.29, 1.82) is 0 Å². The van der Waals surface area contributed by atoms with Crippen LogP contribution in [0.3, 0.4) is 0 Å². The van der Waals surface area contributed by atoms with Crippen molar-refractivity contribution in [3.63, 3.8) is 0 Å². The summed E-state index contributed by atoms with van der Waals surface area (Å²) in [7, 11) is 0. The second-order valence-electron chi connectivity index (χ2n) is 6.38. The molecule has 0 aliphatic rings. The number of carboxylic acids is 1. The highest BCUT2D eigenvalue weighted by Gasteiger charge is 2.17. The van der Waals surface area contributed by atoms with E-state index < -0.39 is 5.97 Å². The minimum Gasteiger partial charge on any atom is -0.481 e. The number of carbonyl (C=O) groups excluding carboxylic acids is 1. The molecule has 0 amide bonds. The molecule has 2 aromatic rings. The molecule has 28 heavy (non-hydrogen) atoms. The Kier molecular flexibility index (Phi) is 11.8. The predicted molar refractivity (Wildman–Crippen MR) is 112 cm³/mol. The Morgan fingerprint density at radius 2 is 1.43 bits per heavy atom. The van der Waals surface area contributed by atoms with Gasteiger partial charge in [-0.25, -0.2) is 0 Å². The summed E-state index contributed by atoms with van der Waals surface area (Å²) >= 11 is 0. The van der Waals surface area contributed by atoms with Gasteiger partial charge in [0.15, 0.2) is 6.10 Å². The van der Waals surface area contributed by atoms with Crippen LogP contribution in [0.2, 0.25) is 0 Å². The van der Waals surface area contributed by atoms with E-state index in [9.17, 15) is 4.79 Å². The summed E-state index contributed by atoms with van der Waals surface area (Å²) in [5, 5.41) is 7.42. The highest BCUT2D eigenvalue weighted by Crippen LogP contribution is 2.26. The molecular weight excluding hydrogens is 352 g/mol. The normalized spacial score (nSPS) is 10.4. The van der Waals surface area contributed by atoms with Gasteiger partial charge in [0, 0.05) is 6.92 Å². The molecule has 0 heterocycles. The number of carbonyl (C=O) groups is 2. The van der Waals surface area contributed by atoms with Gasteiger partial charge in [0.25, 0.3) is 5.97 Å². The predicted octanol–water partition coefficient (Wildman–Crippen LogP) is 5.94. The number of benzene rings is 2. The third-order valence-electron chi connectivity index (χ3n) is 3.88. The van der Waals surface area contributed by atoms with Gasteiger partial charge in [-0.2, -0.15) is 0 Å². The van der Waals surface area contributed by atoms with Gasteiger partial charge >= 0.3 is 5.97 Å². The fourth-order valence-electron chi connectivity index (χ4n) is 2.57. The van der Waals surface area contributed by atoms with Crippen LogP contribution in [0.25, 0.3) is 0 Å². The van der Waals surface area contributed by atoms with E-state index in [0.717, 1.165) is 24.5 Å². The highest BCUT2D eigenvalue weighted by atomic mass is 16.5. The number of ether oxygens (including phenoxy) is 1. The van der Waals surface area contributed by atoms with Gasteiger partial charge < -0.3 is 9.84 Å². The third kappa shape index (κ3) is 10.3. The van der Waals surface area contributed by atoms with E-state index in [1.165, 1.54) is 19.3 Å². The van der Waals surface area contributed by atoms with Gasteiger partial charge in [0.05, 0.1) is 6.42 Å². The molecule has 0 bridgehead atoms. The molecule has 0 radical (unpaired) electrons. The van der Waals surface area contributed by atoms with Crippen LogP contribution in [0.1, 0.15) is 63.2 Å². The lowest BCUT2D eigenvalue weighted by Gasteiger charge is -2.18. The lowest BCUT2D eigenvalue weighted by atomic mass is 10.0. The van der Waals surface area contributed by atoms with Crippen molar-refractivity contribution in [1.82, 2.24) is 0 Å². The Morgan fingerprint density at radius 3 is 1.89 bits per heavy atom. The lowest BCUT2D eigenvalue weighted by molar-refractivity contribution is -0.146. The maximum atomic E-state index is 12.2. The standard InChI is InChI=1S/C22H26O2.C2H4O2/c1-2-3-4-5-6-13-18-21(23)24-22(19-14-9-7-10-15-19)20-16-11-8-12-17-20;1-2(3)4/h6-17,22H,2-5,18H2,1H3;1H3,(H,3,4)/b13-6+;. The molecule has 150 valence electrons. The molecule has 0 spiro atoms. The van der Waals surface area contributed by atoms with E-state index in [-0.39, 0.29) is 12.1 Å². The Bertz CT molecular complexity index is 664. The second kappa shape index (κ2) is 14.2. The molecule has 2 aromatic carbocycles.